The maximum absolute atomic E-state index is 14.0. The minimum Gasteiger partial charge on any atom is -0.431 e. The normalized spacial score (nSPS) is 16.8. The Morgan fingerprint density at radius 1 is 0.486 bits per heavy atom. The van der Waals surface area contributed by atoms with Crippen LogP contribution in [-0.2, 0) is 25.1 Å². The molecule has 1 heterocycles. The maximum Gasteiger partial charge on any atom is 0.514 e. The summed E-state index contributed by atoms with van der Waals surface area (Å²) >= 11 is 0. The van der Waals surface area contributed by atoms with Crippen molar-refractivity contribution >= 4 is 29.7 Å². The second-order valence-corrected chi connectivity index (χ2v) is 18.2. The number of fused-ring (bicyclic) bond motifs is 2. The minimum absolute atomic E-state index is 0.0196. The summed E-state index contributed by atoms with van der Waals surface area (Å²) in [5, 5.41) is 0. The van der Waals surface area contributed by atoms with Crippen molar-refractivity contribution in [1.82, 2.24) is 0 Å². The lowest BCUT2D eigenvalue weighted by Gasteiger charge is -2.34. The van der Waals surface area contributed by atoms with Gasteiger partial charge >= 0.3 is 12.3 Å². The smallest absolute Gasteiger partial charge is 0.431 e. The predicted molar refractivity (Wildman–Crippen MR) is 304 cm³/mol. The van der Waals surface area contributed by atoms with E-state index in [2.05, 4.69) is 71.0 Å². The molecule has 0 spiro atoms. The number of hydrogen-bond acceptors (Lipinski definition) is 8. The molecule has 6 aromatic carbocycles. The molecule has 3 atom stereocenters. The Hall–Kier alpha value is -7.00. The fraction of sp³-hybridized carbons (Fsp3) is 0.385. The summed E-state index contributed by atoms with van der Waals surface area (Å²) in [5.41, 5.74) is 7.80. The zero-order chi connectivity index (χ0) is 55.5. The molecule has 3 unspecified atom stereocenters. The van der Waals surface area contributed by atoms with Gasteiger partial charge in [-0.1, -0.05) is 205 Å². The number of nitrogens with zero attached hydrogens (tertiary/aromatic N) is 1. The van der Waals surface area contributed by atoms with Crippen molar-refractivity contribution in [3.8, 4) is 11.5 Å². The molecule has 8 rings (SSSR count). The largest absolute Gasteiger partial charge is 0.514 e. The van der Waals surface area contributed by atoms with Gasteiger partial charge in [0.1, 0.15) is 16.9 Å². The van der Waals surface area contributed by atoms with E-state index in [1.807, 2.05) is 147 Å². The fourth-order valence-corrected chi connectivity index (χ4v) is 9.37. The highest BCUT2D eigenvalue weighted by molar-refractivity contribution is 6.13. The molecule has 74 heavy (non-hydrogen) atoms. The van der Waals surface area contributed by atoms with E-state index in [4.69, 9.17) is 18.9 Å². The van der Waals surface area contributed by atoms with Gasteiger partial charge in [-0.25, -0.2) is 9.59 Å². The van der Waals surface area contributed by atoms with Crippen LogP contribution in [0.25, 0.3) is 0 Å². The van der Waals surface area contributed by atoms with Crippen molar-refractivity contribution in [3.63, 3.8) is 0 Å². The molecular formula is C65H83NO8. The van der Waals surface area contributed by atoms with Crippen molar-refractivity contribution < 1.29 is 38.1 Å². The van der Waals surface area contributed by atoms with Gasteiger partial charge in [-0.2, -0.15) is 0 Å². The van der Waals surface area contributed by atoms with Crippen molar-refractivity contribution in [2.24, 2.45) is 0 Å². The number of anilines is 1. The van der Waals surface area contributed by atoms with E-state index < -0.39 is 23.1 Å². The quantitative estimate of drug-likeness (QED) is 0.0986. The second-order valence-electron chi connectivity index (χ2n) is 18.2. The van der Waals surface area contributed by atoms with Crippen LogP contribution in [0.15, 0.2) is 146 Å². The maximum atomic E-state index is 14.0. The summed E-state index contributed by atoms with van der Waals surface area (Å²) in [4.78, 5) is 53.4. The molecule has 396 valence electrons. The van der Waals surface area contributed by atoms with Crippen LogP contribution >= 0.6 is 0 Å². The van der Waals surface area contributed by atoms with Gasteiger partial charge in [0, 0.05) is 29.8 Å². The molecule has 0 aromatic heterocycles. The number of rotatable bonds is 10. The number of ether oxygens (including phenoxy) is 4. The third kappa shape index (κ3) is 13.0. The lowest BCUT2D eigenvalue weighted by molar-refractivity contribution is -0.120. The molecule has 0 saturated carbocycles. The zero-order valence-electron chi connectivity index (χ0n) is 47.5. The summed E-state index contributed by atoms with van der Waals surface area (Å²) in [5.74, 6) is 1.57. The number of benzene rings is 6. The number of likely N-dealkylation sites (N-methyl/N-ethyl adjacent to an activating group) is 1. The molecule has 1 aliphatic heterocycles. The number of Topliss-reactive ketones (excluding diaryl/α,β-unsaturated/α-hetero) is 1. The molecule has 9 heteroatoms. The monoisotopic (exact) mass is 1010 g/mol. The predicted octanol–water partition coefficient (Wildman–Crippen LogP) is 17.2. The standard InChI is InChI=1S/C29H30O4.C28H29NO4.4C2H6/c1-18(2)21-10-12-22(13-11-21)29(20(5)25-8-6-7-9-26(25)27(29)30)23-14-16-24(17-15-23)33-28(31)32-19(3)4;1-18(2)20-10-12-21(13-11-20)28(24-8-6-7-9-25(24)29(5)26(28)30)22-14-16-23(17-15-22)33-27(31)32-19(3)4;4*1-2/h6-20H,1-5H3;6-19H,1-5H3;4*1-2H3. The van der Waals surface area contributed by atoms with Gasteiger partial charge in [-0.15, -0.1) is 0 Å². The van der Waals surface area contributed by atoms with Crippen molar-refractivity contribution in [2.75, 3.05) is 11.9 Å². The highest BCUT2D eigenvalue weighted by Crippen LogP contribution is 2.54. The highest BCUT2D eigenvalue weighted by atomic mass is 16.7. The fourth-order valence-electron chi connectivity index (χ4n) is 9.37. The van der Waals surface area contributed by atoms with Gasteiger partial charge in [0.2, 0.25) is 5.91 Å². The van der Waals surface area contributed by atoms with Crippen LogP contribution in [0.2, 0.25) is 0 Å². The van der Waals surface area contributed by atoms with Crippen LogP contribution in [0.4, 0.5) is 15.3 Å². The van der Waals surface area contributed by atoms with E-state index in [1.54, 1.807) is 56.9 Å². The first-order chi connectivity index (χ1) is 35.5. The van der Waals surface area contributed by atoms with Crippen molar-refractivity contribution in [1.29, 1.82) is 0 Å². The van der Waals surface area contributed by atoms with Crippen LogP contribution in [-0.4, -0.2) is 43.3 Å². The third-order valence-electron chi connectivity index (χ3n) is 12.7. The van der Waals surface area contributed by atoms with Gasteiger partial charge in [-0.3, -0.25) is 9.59 Å². The van der Waals surface area contributed by atoms with Gasteiger partial charge in [-0.05, 0) is 109 Å². The van der Waals surface area contributed by atoms with Crippen molar-refractivity contribution in [3.05, 3.63) is 196 Å². The van der Waals surface area contributed by atoms with Crippen LogP contribution in [0.1, 0.15) is 190 Å². The molecule has 0 N–H and O–H groups in total. The van der Waals surface area contributed by atoms with Crippen LogP contribution in [0.3, 0.4) is 0 Å². The zero-order valence-corrected chi connectivity index (χ0v) is 47.5. The summed E-state index contributed by atoms with van der Waals surface area (Å²) in [6.07, 6.45) is -2.02. The third-order valence-corrected chi connectivity index (χ3v) is 12.7. The van der Waals surface area contributed by atoms with E-state index in [0.29, 0.717) is 23.3 Å². The number of hydrogen-bond donors (Lipinski definition) is 0. The molecule has 1 amide bonds. The molecule has 0 fully saturated rings. The van der Waals surface area contributed by atoms with E-state index in [9.17, 15) is 19.2 Å². The first-order valence-electron chi connectivity index (χ1n) is 26.7. The van der Waals surface area contributed by atoms with Gasteiger partial charge < -0.3 is 23.8 Å². The van der Waals surface area contributed by atoms with Crippen LogP contribution in [0, 0.1) is 0 Å². The lowest BCUT2D eigenvalue weighted by Crippen LogP contribution is -2.40. The summed E-state index contributed by atoms with van der Waals surface area (Å²) in [7, 11) is 1.81. The molecule has 9 nitrogen and oxygen atoms in total. The van der Waals surface area contributed by atoms with E-state index in [-0.39, 0.29) is 29.8 Å². The van der Waals surface area contributed by atoms with E-state index in [0.717, 1.165) is 44.6 Å². The Kier molecular flexibility index (Phi) is 23.6. The summed E-state index contributed by atoms with van der Waals surface area (Å²) in [6, 6.07) is 46.7. The number of carbonyl (C=O) groups excluding carboxylic acids is 4. The summed E-state index contributed by atoms with van der Waals surface area (Å²) in [6.45, 7) is 33.8. The van der Waals surface area contributed by atoms with E-state index in [1.165, 1.54) is 11.1 Å². The average Bonchev–Trinajstić information content (AvgIpc) is 3.78. The topological polar surface area (TPSA) is 108 Å². The lowest BCUT2D eigenvalue weighted by atomic mass is 9.66. The Balaban J connectivity index is 0.000000344. The number of carbonyl (C=O) groups is 4. The first-order valence-corrected chi connectivity index (χ1v) is 26.7. The molecule has 2 aliphatic rings. The Morgan fingerprint density at radius 2 is 0.851 bits per heavy atom. The second kappa shape index (κ2) is 28.5. The number of para-hydroxylation sites is 1. The highest BCUT2D eigenvalue weighted by Gasteiger charge is 2.54. The molecule has 0 bridgehead atoms. The van der Waals surface area contributed by atoms with Gasteiger partial charge in [0.15, 0.2) is 5.78 Å². The molecule has 0 saturated heterocycles. The number of ketones is 1. The Labute approximate surface area is 443 Å². The SMILES string of the molecule is CC.CC.CC.CC.CC(C)OC(=O)Oc1ccc(C2(c3ccc(C(C)C)cc3)C(=O)N(C)c3ccccc32)cc1.CC(C)OC(=O)Oc1ccc(C2(c3ccc(C(C)C)cc3)C(=O)c3ccccc3C2C)cc1. The Bertz CT molecular complexity index is 2700. The molecule has 1 aliphatic carbocycles. The van der Waals surface area contributed by atoms with Crippen LogP contribution < -0.4 is 14.4 Å². The Morgan fingerprint density at radius 3 is 1.26 bits per heavy atom. The molecule has 0 radical (unpaired) electrons. The van der Waals surface area contributed by atoms with Crippen molar-refractivity contribution in [2.45, 2.75) is 158 Å². The first kappa shape index (κ1) is 61.3. The average molecular weight is 1010 g/mol. The van der Waals surface area contributed by atoms with Crippen LogP contribution in [0.5, 0.6) is 11.5 Å². The molecular weight excluding hydrogens is 923 g/mol. The minimum atomic E-state index is -0.988. The van der Waals surface area contributed by atoms with E-state index >= 15 is 0 Å². The number of amides is 1. The van der Waals surface area contributed by atoms with Gasteiger partial charge in [0.05, 0.1) is 17.6 Å². The summed E-state index contributed by atoms with van der Waals surface area (Å²) < 4.78 is 20.7. The molecule has 6 aromatic rings. The van der Waals surface area contributed by atoms with Gasteiger partial charge in [0.25, 0.3) is 0 Å².